The van der Waals surface area contributed by atoms with Crippen LogP contribution in [-0.2, 0) is 11.3 Å². The van der Waals surface area contributed by atoms with Gasteiger partial charge >= 0.3 is 6.09 Å². The van der Waals surface area contributed by atoms with Gasteiger partial charge in [0.2, 0.25) is 0 Å². The van der Waals surface area contributed by atoms with Crippen LogP contribution in [0.25, 0.3) is 0 Å². The molecule has 0 spiro atoms. The number of carbonyl (C=O) groups excluding carboxylic acids is 1. The third kappa shape index (κ3) is 6.16. The lowest BCUT2D eigenvalue weighted by Gasteiger charge is -2.19. The van der Waals surface area contributed by atoms with Crippen LogP contribution in [-0.4, -0.2) is 11.7 Å². The summed E-state index contributed by atoms with van der Waals surface area (Å²) in [6, 6.07) is 8.87. The SMILES string of the molecule is CC(C)(C)OC(=O)NCc1ccc(Sc2ccc(F)c(Br)c2)s1. The fraction of sp³-hybridized carbons (Fsp3) is 0.312. The largest absolute Gasteiger partial charge is 0.444 e. The summed E-state index contributed by atoms with van der Waals surface area (Å²) in [4.78, 5) is 13.6. The van der Waals surface area contributed by atoms with Crippen LogP contribution in [0.4, 0.5) is 9.18 Å². The molecule has 2 rings (SSSR count). The molecule has 7 heteroatoms. The first kappa shape index (κ1) is 18.3. The number of rotatable bonds is 4. The molecule has 0 saturated heterocycles. The van der Waals surface area contributed by atoms with Gasteiger partial charge in [-0.1, -0.05) is 11.8 Å². The number of hydrogen-bond acceptors (Lipinski definition) is 4. The van der Waals surface area contributed by atoms with Gasteiger partial charge in [0, 0.05) is 9.77 Å². The second-order valence-electron chi connectivity index (χ2n) is 5.75. The first-order chi connectivity index (χ1) is 10.7. The molecule has 0 atom stereocenters. The van der Waals surface area contributed by atoms with E-state index in [1.54, 1.807) is 35.2 Å². The monoisotopic (exact) mass is 417 g/mol. The molecule has 1 amide bonds. The molecule has 3 nitrogen and oxygen atoms in total. The molecule has 0 radical (unpaired) electrons. The molecule has 0 aliphatic rings. The first-order valence-corrected chi connectivity index (χ1v) is 9.34. The molecule has 124 valence electrons. The summed E-state index contributed by atoms with van der Waals surface area (Å²) >= 11 is 6.32. The average molecular weight is 418 g/mol. The Bertz CT molecular complexity index is 698. The van der Waals surface area contributed by atoms with Crippen molar-refractivity contribution in [2.75, 3.05) is 0 Å². The first-order valence-electron chi connectivity index (χ1n) is 6.91. The number of hydrogen-bond donors (Lipinski definition) is 1. The number of carbonyl (C=O) groups is 1. The molecule has 0 aliphatic heterocycles. The van der Waals surface area contributed by atoms with Crippen LogP contribution in [0, 0.1) is 5.82 Å². The topological polar surface area (TPSA) is 38.3 Å². The standard InChI is InChI=1S/C16H17BrFNO2S2/c1-16(2,3)21-15(20)19-9-11-5-7-14(23-11)22-10-4-6-13(18)12(17)8-10/h4-8H,9H2,1-3H3,(H,19,20). The van der Waals surface area contributed by atoms with Crippen molar-refractivity contribution in [1.29, 1.82) is 0 Å². The minimum atomic E-state index is -0.503. The Morgan fingerprint density at radius 1 is 1.35 bits per heavy atom. The van der Waals surface area contributed by atoms with Gasteiger partial charge in [0.1, 0.15) is 11.4 Å². The summed E-state index contributed by atoms with van der Waals surface area (Å²) < 4.78 is 19.9. The number of benzene rings is 1. The van der Waals surface area contributed by atoms with Crippen molar-refractivity contribution in [3.05, 3.63) is 45.5 Å². The van der Waals surface area contributed by atoms with Gasteiger partial charge in [-0.25, -0.2) is 9.18 Å². The van der Waals surface area contributed by atoms with Crippen molar-refractivity contribution >= 4 is 45.1 Å². The van der Waals surface area contributed by atoms with E-state index < -0.39 is 11.7 Å². The van der Waals surface area contributed by atoms with E-state index in [9.17, 15) is 9.18 Å². The van der Waals surface area contributed by atoms with Crippen molar-refractivity contribution < 1.29 is 13.9 Å². The zero-order chi connectivity index (χ0) is 17.0. The molecule has 1 N–H and O–H groups in total. The van der Waals surface area contributed by atoms with E-state index >= 15 is 0 Å². The Hall–Kier alpha value is -1.05. The molecule has 1 aromatic carbocycles. The maximum absolute atomic E-state index is 13.2. The fourth-order valence-electron chi connectivity index (χ4n) is 1.64. The van der Waals surface area contributed by atoms with Crippen molar-refractivity contribution in [1.82, 2.24) is 5.32 Å². The summed E-state index contributed by atoms with van der Waals surface area (Å²) in [6.45, 7) is 5.90. The van der Waals surface area contributed by atoms with Crippen LogP contribution in [0.15, 0.2) is 43.9 Å². The molecule has 0 unspecified atom stereocenters. The highest BCUT2D eigenvalue weighted by Gasteiger charge is 2.16. The van der Waals surface area contributed by atoms with Crippen LogP contribution in [0.5, 0.6) is 0 Å². The van der Waals surface area contributed by atoms with Gasteiger partial charge in [0.15, 0.2) is 0 Å². The van der Waals surface area contributed by atoms with E-state index in [1.807, 2.05) is 32.9 Å². The molecule has 1 aromatic heterocycles. The highest BCUT2D eigenvalue weighted by atomic mass is 79.9. The molecule has 0 aliphatic carbocycles. The normalized spacial score (nSPS) is 11.3. The number of halogens is 2. The zero-order valence-electron chi connectivity index (χ0n) is 13.0. The van der Waals surface area contributed by atoms with Gasteiger partial charge < -0.3 is 10.1 Å². The van der Waals surface area contributed by atoms with E-state index in [1.165, 1.54) is 6.07 Å². The van der Waals surface area contributed by atoms with E-state index in [-0.39, 0.29) is 5.82 Å². The van der Waals surface area contributed by atoms with Gasteiger partial charge in [0.05, 0.1) is 15.2 Å². The molecule has 0 fully saturated rings. The quantitative estimate of drug-likeness (QED) is 0.680. The predicted octanol–water partition coefficient (Wildman–Crippen LogP) is 5.83. The Balaban J connectivity index is 1.90. The molecular weight excluding hydrogens is 401 g/mol. The number of nitrogens with one attached hydrogen (secondary N) is 1. The van der Waals surface area contributed by atoms with Crippen molar-refractivity contribution in [2.24, 2.45) is 0 Å². The highest BCUT2D eigenvalue weighted by molar-refractivity contribution is 9.10. The van der Waals surface area contributed by atoms with Crippen molar-refractivity contribution in [3.63, 3.8) is 0 Å². The maximum atomic E-state index is 13.2. The summed E-state index contributed by atoms with van der Waals surface area (Å²) in [6.07, 6.45) is -0.428. The average Bonchev–Trinajstić information content (AvgIpc) is 2.86. The third-order valence-electron chi connectivity index (χ3n) is 2.55. The van der Waals surface area contributed by atoms with Crippen LogP contribution in [0.1, 0.15) is 25.6 Å². The van der Waals surface area contributed by atoms with E-state index in [0.29, 0.717) is 11.0 Å². The molecular formula is C16H17BrFNO2S2. The minimum Gasteiger partial charge on any atom is -0.444 e. The number of ether oxygens (including phenoxy) is 1. The van der Waals surface area contributed by atoms with Gasteiger partial charge in [-0.15, -0.1) is 11.3 Å². The van der Waals surface area contributed by atoms with Gasteiger partial charge in [-0.05, 0) is 67.0 Å². The second-order valence-corrected chi connectivity index (χ2v) is 9.15. The van der Waals surface area contributed by atoms with Gasteiger partial charge in [0.25, 0.3) is 0 Å². The summed E-state index contributed by atoms with van der Waals surface area (Å²) in [5.74, 6) is -0.275. The van der Waals surface area contributed by atoms with Crippen LogP contribution >= 0.6 is 39.0 Å². The fourth-order valence-corrected chi connectivity index (χ4v) is 4.30. The van der Waals surface area contributed by atoms with E-state index in [2.05, 4.69) is 21.2 Å². The van der Waals surface area contributed by atoms with E-state index in [4.69, 9.17) is 4.74 Å². The van der Waals surface area contributed by atoms with Gasteiger partial charge in [-0.2, -0.15) is 0 Å². The Morgan fingerprint density at radius 3 is 2.74 bits per heavy atom. The summed E-state index contributed by atoms with van der Waals surface area (Å²) in [5.41, 5.74) is -0.503. The van der Waals surface area contributed by atoms with Crippen molar-refractivity contribution in [3.8, 4) is 0 Å². The van der Waals surface area contributed by atoms with Crippen LogP contribution in [0.2, 0.25) is 0 Å². The van der Waals surface area contributed by atoms with Crippen molar-refractivity contribution in [2.45, 2.75) is 42.0 Å². The molecule has 23 heavy (non-hydrogen) atoms. The molecule has 0 saturated carbocycles. The Labute approximate surface area is 151 Å². The number of amides is 1. The predicted molar refractivity (Wildman–Crippen MR) is 95.6 cm³/mol. The third-order valence-corrected chi connectivity index (χ3v) is 5.37. The molecule has 2 aromatic rings. The highest BCUT2D eigenvalue weighted by Crippen LogP contribution is 2.35. The van der Waals surface area contributed by atoms with Crippen LogP contribution in [0.3, 0.4) is 0 Å². The summed E-state index contributed by atoms with van der Waals surface area (Å²) in [7, 11) is 0. The minimum absolute atomic E-state index is 0.275. The lowest BCUT2D eigenvalue weighted by molar-refractivity contribution is 0.0524. The van der Waals surface area contributed by atoms with E-state index in [0.717, 1.165) is 14.0 Å². The Kier molecular flexibility index (Phi) is 6.11. The number of alkyl carbamates (subject to hydrolysis) is 1. The smallest absolute Gasteiger partial charge is 0.407 e. The lowest BCUT2D eigenvalue weighted by atomic mass is 10.2. The molecule has 0 bridgehead atoms. The maximum Gasteiger partial charge on any atom is 0.407 e. The Morgan fingerprint density at radius 2 is 2.09 bits per heavy atom. The lowest BCUT2D eigenvalue weighted by Crippen LogP contribution is -2.31. The van der Waals surface area contributed by atoms with Gasteiger partial charge in [-0.3, -0.25) is 0 Å². The molecule has 1 heterocycles. The van der Waals surface area contributed by atoms with Crippen LogP contribution < -0.4 is 5.32 Å². The number of thiophene rings is 1. The second kappa shape index (κ2) is 7.68. The summed E-state index contributed by atoms with van der Waals surface area (Å²) in [5, 5.41) is 2.73. The zero-order valence-corrected chi connectivity index (χ0v) is 16.2.